The molecule has 0 spiro atoms. The van der Waals surface area contributed by atoms with Crippen LogP contribution in [0.5, 0.6) is 0 Å². The van der Waals surface area contributed by atoms with Crippen LogP contribution in [0.2, 0.25) is 0 Å². The van der Waals surface area contributed by atoms with Gasteiger partial charge in [-0.2, -0.15) is 0 Å². The Hall–Kier alpha value is -2.02. The van der Waals surface area contributed by atoms with Crippen LogP contribution in [0.4, 0.5) is 8.78 Å². The van der Waals surface area contributed by atoms with Gasteiger partial charge in [-0.3, -0.25) is 9.59 Å². The Morgan fingerprint density at radius 2 is 2.10 bits per heavy atom. The molecule has 2 atom stereocenters. The number of carbonyl (C=O) groups is 2. The minimum absolute atomic E-state index is 0.0228. The number of benzene rings is 1. The lowest BCUT2D eigenvalue weighted by Crippen LogP contribution is -2.49. The number of ether oxygens (including phenoxy) is 1. The normalized spacial score (nSPS) is 25.4. The number of hydrogen-bond donors (Lipinski definition) is 2. The Labute approximate surface area is 113 Å². The van der Waals surface area contributed by atoms with Crippen LogP contribution in [0, 0.1) is 17.0 Å². The predicted octanol–water partition coefficient (Wildman–Crippen LogP) is 1.18. The molecule has 1 aromatic rings. The molecule has 1 aliphatic rings. The van der Waals surface area contributed by atoms with Gasteiger partial charge in [-0.15, -0.1) is 0 Å². The zero-order valence-electron chi connectivity index (χ0n) is 10.7. The summed E-state index contributed by atoms with van der Waals surface area (Å²) in [7, 11) is 0. The molecule has 5 nitrogen and oxygen atoms in total. The van der Waals surface area contributed by atoms with E-state index in [0.29, 0.717) is 0 Å². The predicted molar refractivity (Wildman–Crippen MR) is 64.2 cm³/mol. The Bertz CT molecular complexity index is 563. The van der Waals surface area contributed by atoms with Gasteiger partial charge in [0.25, 0.3) is 5.91 Å². The zero-order valence-corrected chi connectivity index (χ0v) is 10.7. The second kappa shape index (κ2) is 5.16. The summed E-state index contributed by atoms with van der Waals surface area (Å²) in [5, 5.41) is 11.6. The van der Waals surface area contributed by atoms with Crippen molar-refractivity contribution in [3.8, 4) is 0 Å². The second-order valence-corrected chi connectivity index (χ2v) is 4.89. The molecule has 108 valence electrons. The molecule has 0 radical (unpaired) electrons. The topological polar surface area (TPSA) is 75.6 Å². The molecule has 0 aliphatic carbocycles. The van der Waals surface area contributed by atoms with Gasteiger partial charge in [0.15, 0.2) is 11.6 Å². The van der Waals surface area contributed by atoms with Crippen molar-refractivity contribution < 1.29 is 28.2 Å². The summed E-state index contributed by atoms with van der Waals surface area (Å²) in [6.07, 6.45) is 0. The lowest BCUT2D eigenvalue weighted by atomic mass is 9.85. The molecule has 20 heavy (non-hydrogen) atoms. The molecule has 7 heteroatoms. The SMILES string of the molecule is CC1(C(=O)O)COCC1NC(=O)c1ccc(F)c(F)c1. The fourth-order valence-electron chi connectivity index (χ4n) is 1.96. The van der Waals surface area contributed by atoms with E-state index in [1.807, 2.05) is 0 Å². The largest absolute Gasteiger partial charge is 0.481 e. The molecule has 1 aliphatic heterocycles. The number of halogens is 2. The Morgan fingerprint density at radius 1 is 1.40 bits per heavy atom. The van der Waals surface area contributed by atoms with Crippen LogP contribution in [0.1, 0.15) is 17.3 Å². The molecule has 1 heterocycles. The van der Waals surface area contributed by atoms with Crippen molar-refractivity contribution in [2.24, 2.45) is 5.41 Å². The monoisotopic (exact) mass is 285 g/mol. The standard InChI is InChI=1S/C13H13F2NO4/c1-13(12(18)19)6-20-5-10(13)16-11(17)7-2-3-8(14)9(15)4-7/h2-4,10H,5-6H2,1H3,(H,16,17)(H,18,19). The van der Waals surface area contributed by atoms with Crippen molar-refractivity contribution >= 4 is 11.9 Å². The van der Waals surface area contributed by atoms with E-state index < -0.39 is 35.0 Å². The summed E-state index contributed by atoms with van der Waals surface area (Å²) >= 11 is 0. The number of nitrogens with one attached hydrogen (secondary N) is 1. The summed E-state index contributed by atoms with van der Waals surface area (Å²) in [6.45, 7) is 1.49. The van der Waals surface area contributed by atoms with Crippen LogP contribution in [-0.2, 0) is 9.53 Å². The molecule has 0 bridgehead atoms. The minimum atomic E-state index is -1.24. The van der Waals surface area contributed by atoms with Crippen LogP contribution in [0.15, 0.2) is 18.2 Å². The van der Waals surface area contributed by atoms with Crippen LogP contribution in [-0.4, -0.2) is 36.2 Å². The third kappa shape index (κ3) is 2.49. The van der Waals surface area contributed by atoms with E-state index in [4.69, 9.17) is 9.84 Å². The van der Waals surface area contributed by atoms with E-state index in [-0.39, 0.29) is 18.8 Å². The van der Waals surface area contributed by atoms with E-state index in [0.717, 1.165) is 18.2 Å². The summed E-state index contributed by atoms with van der Waals surface area (Å²) in [6, 6.07) is 1.99. The van der Waals surface area contributed by atoms with Gasteiger partial charge in [0.1, 0.15) is 5.41 Å². The molecule has 2 unspecified atom stereocenters. The van der Waals surface area contributed by atoms with E-state index in [1.54, 1.807) is 0 Å². The third-order valence-corrected chi connectivity index (χ3v) is 3.43. The number of carboxylic acids is 1. The Balaban J connectivity index is 2.15. The van der Waals surface area contributed by atoms with Crippen molar-refractivity contribution in [1.29, 1.82) is 0 Å². The summed E-state index contributed by atoms with van der Waals surface area (Å²) in [5.74, 6) is -3.96. The summed E-state index contributed by atoms with van der Waals surface area (Å²) in [4.78, 5) is 23.1. The lowest BCUT2D eigenvalue weighted by Gasteiger charge is -2.25. The highest BCUT2D eigenvalue weighted by atomic mass is 19.2. The number of carbonyl (C=O) groups excluding carboxylic acids is 1. The average molecular weight is 285 g/mol. The zero-order chi connectivity index (χ0) is 14.9. The first-order valence-corrected chi connectivity index (χ1v) is 5.91. The lowest BCUT2D eigenvalue weighted by molar-refractivity contribution is -0.148. The fourth-order valence-corrected chi connectivity index (χ4v) is 1.96. The average Bonchev–Trinajstić information content (AvgIpc) is 2.75. The first-order valence-electron chi connectivity index (χ1n) is 5.91. The van der Waals surface area contributed by atoms with Gasteiger partial charge in [0.2, 0.25) is 0 Å². The summed E-state index contributed by atoms with van der Waals surface area (Å²) < 4.78 is 30.9. The Kier molecular flexibility index (Phi) is 3.71. The second-order valence-electron chi connectivity index (χ2n) is 4.89. The van der Waals surface area contributed by atoms with Gasteiger partial charge in [0, 0.05) is 5.56 Å². The number of rotatable bonds is 3. The molecule has 1 saturated heterocycles. The highest BCUT2D eigenvalue weighted by Crippen LogP contribution is 2.29. The third-order valence-electron chi connectivity index (χ3n) is 3.43. The smallest absolute Gasteiger partial charge is 0.313 e. The maximum atomic E-state index is 13.1. The van der Waals surface area contributed by atoms with Gasteiger partial charge in [0.05, 0.1) is 19.3 Å². The van der Waals surface area contributed by atoms with Crippen molar-refractivity contribution in [3.63, 3.8) is 0 Å². The van der Waals surface area contributed by atoms with Gasteiger partial charge >= 0.3 is 5.97 Å². The molecule has 1 fully saturated rings. The molecule has 0 aromatic heterocycles. The molecule has 1 aromatic carbocycles. The van der Waals surface area contributed by atoms with Crippen molar-refractivity contribution in [2.75, 3.05) is 13.2 Å². The summed E-state index contributed by atoms with van der Waals surface area (Å²) in [5.41, 5.74) is -1.32. The number of amides is 1. The highest BCUT2D eigenvalue weighted by molar-refractivity contribution is 5.95. The molecule has 2 N–H and O–H groups in total. The van der Waals surface area contributed by atoms with E-state index >= 15 is 0 Å². The molecule has 2 rings (SSSR count). The van der Waals surface area contributed by atoms with Crippen LogP contribution in [0.25, 0.3) is 0 Å². The van der Waals surface area contributed by atoms with Gasteiger partial charge in [-0.1, -0.05) is 0 Å². The maximum absolute atomic E-state index is 13.1. The van der Waals surface area contributed by atoms with E-state index in [2.05, 4.69) is 5.32 Å². The maximum Gasteiger partial charge on any atom is 0.313 e. The van der Waals surface area contributed by atoms with E-state index in [9.17, 15) is 18.4 Å². The first kappa shape index (κ1) is 14.4. The highest BCUT2D eigenvalue weighted by Gasteiger charge is 2.47. The van der Waals surface area contributed by atoms with E-state index in [1.165, 1.54) is 6.92 Å². The van der Waals surface area contributed by atoms with Crippen LogP contribution >= 0.6 is 0 Å². The minimum Gasteiger partial charge on any atom is -0.481 e. The molecule has 1 amide bonds. The first-order chi connectivity index (χ1) is 9.34. The van der Waals surface area contributed by atoms with Crippen LogP contribution in [0.3, 0.4) is 0 Å². The molecular weight excluding hydrogens is 272 g/mol. The van der Waals surface area contributed by atoms with Crippen molar-refractivity contribution in [2.45, 2.75) is 13.0 Å². The molecular formula is C13H13F2NO4. The van der Waals surface area contributed by atoms with Crippen molar-refractivity contribution in [3.05, 3.63) is 35.4 Å². The van der Waals surface area contributed by atoms with Crippen LogP contribution < -0.4 is 5.32 Å². The van der Waals surface area contributed by atoms with Gasteiger partial charge in [-0.25, -0.2) is 8.78 Å². The quantitative estimate of drug-likeness (QED) is 0.874. The number of carboxylic acid groups (broad SMARTS) is 1. The van der Waals surface area contributed by atoms with Gasteiger partial charge in [-0.05, 0) is 25.1 Å². The Morgan fingerprint density at radius 3 is 2.70 bits per heavy atom. The molecule has 0 saturated carbocycles. The fraction of sp³-hybridized carbons (Fsp3) is 0.385. The number of hydrogen-bond acceptors (Lipinski definition) is 3. The van der Waals surface area contributed by atoms with Crippen molar-refractivity contribution in [1.82, 2.24) is 5.32 Å². The number of aliphatic carboxylic acids is 1. The van der Waals surface area contributed by atoms with Gasteiger partial charge < -0.3 is 15.2 Å².